The summed E-state index contributed by atoms with van der Waals surface area (Å²) in [5.74, 6) is 0.577. The topological polar surface area (TPSA) is 45.7 Å². The molecule has 1 aromatic carbocycles. The molecule has 7 heteroatoms. The third-order valence-electron chi connectivity index (χ3n) is 3.79. The molecule has 138 valence electrons. The van der Waals surface area contributed by atoms with Gasteiger partial charge >= 0.3 is 0 Å². The minimum Gasteiger partial charge on any atom is -0.494 e. The van der Waals surface area contributed by atoms with Crippen molar-refractivity contribution < 1.29 is 9.13 Å². The van der Waals surface area contributed by atoms with Crippen molar-refractivity contribution in [3.8, 4) is 5.75 Å². The lowest BCUT2D eigenvalue weighted by Crippen LogP contribution is -2.42. The van der Waals surface area contributed by atoms with Gasteiger partial charge in [0.1, 0.15) is 0 Å². The molecule has 0 aliphatic rings. The number of halogens is 2. The lowest BCUT2D eigenvalue weighted by atomic mass is 9.91. The van der Waals surface area contributed by atoms with Gasteiger partial charge in [0.2, 0.25) is 0 Å². The van der Waals surface area contributed by atoms with Gasteiger partial charge in [-0.2, -0.15) is 0 Å². The second kappa shape index (κ2) is 9.96. The zero-order valence-corrected chi connectivity index (χ0v) is 18.1. The van der Waals surface area contributed by atoms with E-state index in [0.717, 1.165) is 12.1 Å². The maximum absolute atomic E-state index is 13.7. The van der Waals surface area contributed by atoms with Crippen LogP contribution in [0.5, 0.6) is 5.75 Å². The zero-order chi connectivity index (χ0) is 17.6. The molecule has 1 heterocycles. The fourth-order valence-corrected chi connectivity index (χ4v) is 3.13. The highest BCUT2D eigenvalue weighted by atomic mass is 127. The molecule has 0 aliphatic carbocycles. The molecular formula is C18H25FIN3OS. The number of methoxy groups -OCH3 is 1. The Hall–Kier alpha value is -1.35. The molecule has 0 amide bonds. The lowest BCUT2D eigenvalue weighted by molar-refractivity contribution is 0.386. The second-order valence-corrected chi connectivity index (χ2v) is 7.06. The molecular weight excluding hydrogens is 452 g/mol. The van der Waals surface area contributed by atoms with Gasteiger partial charge in [-0.3, -0.25) is 4.99 Å². The van der Waals surface area contributed by atoms with Gasteiger partial charge in [0, 0.05) is 30.4 Å². The molecule has 0 unspecified atom stereocenters. The number of hydrogen-bond donors (Lipinski definition) is 2. The smallest absolute Gasteiger partial charge is 0.191 e. The molecule has 2 N–H and O–H groups in total. The van der Waals surface area contributed by atoms with Crippen molar-refractivity contribution in [2.24, 2.45) is 4.99 Å². The summed E-state index contributed by atoms with van der Waals surface area (Å²) in [6.45, 7) is 5.63. The first-order valence-corrected chi connectivity index (χ1v) is 8.65. The van der Waals surface area contributed by atoms with Crippen molar-refractivity contribution in [1.82, 2.24) is 10.6 Å². The Labute approximate surface area is 169 Å². The predicted molar refractivity (Wildman–Crippen MR) is 114 cm³/mol. The number of nitrogens with one attached hydrogen (secondary N) is 2. The third-order valence-corrected chi connectivity index (χ3v) is 5.02. The Morgan fingerprint density at radius 2 is 2.04 bits per heavy atom. The van der Waals surface area contributed by atoms with Crippen molar-refractivity contribution in [1.29, 1.82) is 0 Å². The van der Waals surface area contributed by atoms with Crippen LogP contribution < -0.4 is 15.4 Å². The average molecular weight is 477 g/mol. The first-order chi connectivity index (χ1) is 11.5. The Bertz CT molecular complexity index is 690. The van der Waals surface area contributed by atoms with Gasteiger partial charge in [-0.05, 0) is 29.1 Å². The summed E-state index contributed by atoms with van der Waals surface area (Å²) >= 11 is 1.75. The molecule has 2 aromatic rings. The predicted octanol–water partition coefficient (Wildman–Crippen LogP) is 4.16. The van der Waals surface area contributed by atoms with Crippen molar-refractivity contribution in [2.45, 2.75) is 25.8 Å². The van der Waals surface area contributed by atoms with E-state index >= 15 is 0 Å². The van der Waals surface area contributed by atoms with Crippen LogP contribution in [-0.2, 0) is 12.0 Å². The fourth-order valence-electron chi connectivity index (χ4n) is 2.28. The molecule has 0 fully saturated rings. The Kier molecular flexibility index (Phi) is 8.64. The maximum atomic E-state index is 13.7. The van der Waals surface area contributed by atoms with E-state index in [-0.39, 0.29) is 41.0 Å². The standard InChI is InChI=1S/C18H24FN3OS.HI/c1-18(2,16-6-5-9-24-16)12-22-17(20-3)21-11-13-7-8-15(23-4)14(19)10-13;/h5-10H,11-12H2,1-4H3,(H2,20,21,22);1H. The van der Waals surface area contributed by atoms with Crippen LogP contribution in [0.15, 0.2) is 40.7 Å². The number of guanidine groups is 1. The summed E-state index contributed by atoms with van der Waals surface area (Å²) in [6.07, 6.45) is 0. The Morgan fingerprint density at radius 3 is 2.60 bits per heavy atom. The van der Waals surface area contributed by atoms with Crippen LogP contribution >= 0.6 is 35.3 Å². The molecule has 4 nitrogen and oxygen atoms in total. The molecule has 0 spiro atoms. The highest BCUT2D eigenvalue weighted by molar-refractivity contribution is 14.0. The van der Waals surface area contributed by atoms with E-state index in [2.05, 4.69) is 47.0 Å². The second-order valence-electron chi connectivity index (χ2n) is 6.11. The van der Waals surface area contributed by atoms with Gasteiger partial charge in [-0.1, -0.05) is 26.0 Å². The van der Waals surface area contributed by atoms with Crippen LogP contribution in [0.1, 0.15) is 24.3 Å². The molecule has 0 saturated carbocycles. The number of ether oxygens (including phenoxy) is 1. The molecule has 0 atom stereocenters. The first-order valence-electron chi connectivity index (χ1n) is 7.77. The van der Waals surface area contributed by atoms with Crippen LogP contribution in [0.2, 0.25) is 0 Å². The van der Waals surface area contributed by atoms with Gasteiger partial charge in [0.15, 0.2) is 17.5 Å². The molecule has 2 rings (SSSR count). The quantitative estimate of drug-likeness (QED) is 0.373. The number of rotatable bonds is 6. The summed E-state index contributed by atoms with van der Waals surface area (Å²) in [5.41, 5.74) is 0.839. The van der Waals surface area contributed by atoms with E-state index in [1.807, 2.05) is 6.07 Å². The molecule has 0 bridgehead atoms. The Balaban J connectivity index is 0.00000312. The maximum Gasteiger partial charge on any atom is 0.191 e. The number of thiophene rings is 1. The van der Waals surface area contributed by atoms with E-state index in [9.17, 15) is 4.39 Å². The van der Waals surface area contributed by atoms with E-state index < -0.39 is 0 Å². The summed E-state index contributed by atoms with van der Waals surface area (Å²) in [5, 5.41) is 8.62. The van der Waals surface area contributed by atoms with Gasteiger partial charge < -0.3 is 15.4 Å². The SMILES string of the molecule is CN=C(NCc1ccc(OC)c(F)c1)NCC(C)(C)c1cccs1.I. The molecule has 1 aromatic heterocycles. The lowest BCUT2D eigenvalue weighted by Gasteiger charge is -2.25. The summed E-state index contributed by atoms with van der Waals surface area (Å²) in [6, 6.07) is 9.13. The molecule has 25 heavy (non-hydrogen) atoms. The van der Waals surface area contributed by atoms with Crippen LogP contribution in [-0.4, -0.2) is 26.7 Å². The van der Waals surface area contributed by atoms with Gasteiger partial charge in [-0.25, -0.2) is 4.39 Å². The number of aliphatic imine (C=N–C) groups is 1. The average Bonchev–Trinajstić information content (AvgIpc) is 3.10. The largest absolute Gasteiger partial charge is 0.494 e. The van der Waals surface area contributed by atoms with Crippen molar-refractivity contribution >= 4 is 41.3 Å². The summed E-state index contributed by atoms with van der Waals surface area (Å²) in [7, 11) is 3.18. The third kappa shape index (κ3) is 6.14. The summed E-state index contributed by atoms with van der Waals surface area (Å²) < 4.78 is 18.6. The van der Waals surface area contributed by atoms with Crippen molar-refractivity contribution in [3.05, 3.63) is 52.0 Å². The van der Waals surface area contributed by atoms with E-state index in [1.54, 1.807) is 24.5 Å². The van der Waals surface area contributed by atoms with Crippen LogP contribution in [0, 0.1) is 5.82 Å². The van der Waals surface area contributed by atoms with Crippen LogP contribution in [0.25, 0.3) is 0 Å². The summed E-state index contributed by atoms with van der Waals surface area (Å²) in [4.78, 5) is 5.54. The van der Waals surface area contributed by atoms with E-state index in [1.165, 1.54) is 18.1 Å². The van der Waals surface area contributed by atoms with Crippen molar-refractivity contribution in [2.75, 3.05) is 20.7 Å². The number of nitrogens with zero attached hydrogens (tertiary/aromatic N) is 1. The minimum atomic E-state index is -0.362. The monoisotopic (exact) mass is 477 g/mol. The number of hydrogen-bond acceptors (Lipinski definition) is 3. The Morgan fingerprint density at radius 1 is 1.28 bits per heavy atom. The first kappa shape index (κ1) is 21.7. The van der Waals surface area contributed by atoms with E-state index in [4.69, 9.17) is 4.74 Å². The normalized spacial score (nSPS) is 11.6. The fraction of sp³-hybridized carbons (Fsp3) is 0.389. The van der Waals surface area contributed by atoms with Gasteiger partial charge in [0.25, 0.3) is 0 Å². The highest BCUT2D eigenvalue weighted by Crippen LogP contribution is 2.26. The van der Waals surface area contributed by atoms with E-state index in [0.29, 0.717) is 12.5 Å². The zero-order valence-electron chi connectivity index (χ0n) is 14.9. The molecule has 0 radical (unpaired) electrons. The van der Waals surface area contributed by atoms with Crippen molar-refractivity contribution in [3.63, 3.8) is 0 Å². The van der Waals surface area contributed by atoms with Gasteiger partial charge in [-0.15, -0.1) is 35.3 Å². The molecule has 0 aliphatic heterocycles. The molecule has 0 saturated heterocycles. The minimum absolute atomic E-state index is 0. The highest BCUT2D eigenvalue weighted by Gasteiger charge is 2.21. The number of benzene rings is 1. The van der Waals surface area contributed by atoms with Gasteiger partial charge in [0.05, 0.1) is 7.11 Å². The van der Waals surface area contributed by atoms with Crippen LogP contribution in [0.4, 0.5) is 4.39 Å². The van der Waals surface area contributed by atoms with Crippen LogP contribution in [0.3, 0.4) is 0 Å².